The third kappa shape index (κ3) is 3.46. The standard InChI is InChI=1S/C22H21FN6O/c23-15-3-7-18(8-4-15)30-17-5-1-14(2-6-17)20-19-21(24)26-13-27-22(19)29(28-20)16-9-11-25-12-10-16/h1-8,13,16,25H,9-12H2,(H2,24,26,27). The smallest absolute Gasteiger partial charge is 0.164 e. The Morgan fingerprint density at radius 1 is 0.967 bits per heavy atom. The molecular weight excluding hydrogens is 383 g/mol. The summed E-state index contributed by atoms with van der Waals surface area (Å²) in [4.78, 5) is 8.66. The van der Waals surface area contributed by atoms with E-state index in [4.69, 9.17) is 15.6 Å². The molecule has 0 radical (unpaired) electrons. The van der Waals surface area contributed by atoms with Gasteiger partial charge >= 0.3 is 0 Å². The van der Waals surface area contributed by atoms with Crippen LogP contribution in [0.1, 0.15) is 18.9 Å². The van der Waals surface area contributed by atoms with Crippen molar-refractivity contribution >= 4 is 16.9 Å². The van der Waals surface area contributed by atoms with Crippen LogP contribution in [0.3, 0.4) is 0 Å². The van der Waals surface area contributed by atoms with Gasteiger partial charge in [-0.3, -0.25) is 0 Å². The summed E-state index contributed by atoms with van der Waals surface area (Å²) in [5.74, 6) is 1.34. The fourth-order valence-electron chi connectivity index (χ4n) is 3.82. The average molecular weight is 404 g/mol. The molecule has 8 heteroatoms. The third-order valence-electron chi connectivity index (χ3n) is 5.35. The summed E-state index contributed by atoms with van der Waals surface area (Å²) in [7, 11) is 0. The maximum Gasteiger partial charge on any atom is 0.164 e. The molecule has 0 atom stereocenters. The predicted octanol–water partition coefficient (Wildman–Crippen LogP) is 3.93. The lowest BCUT2D eigenvalue weighted by molar-refractivity contribution is 0.350. The van der Waals surface area contributed by atoms with Crippen LogP contribution < -0.4 is 15.8 Å². The van der Waals surface area contributed by atoms with Gasteiger partial charge in [0.25, 0.3) is 0 Å². The van der Waals surface area contributed by atoms with Crippen molar-refractivity contribution < 1.29 is 9.13 Å². The number of nitrogens with zero attached hydrogens (tertiary/aromatic N) is 4. The van der Waals surface area contributed by atoms with Crippen molar-refractivity contribution in [1.29, 1.82) is 0 Å². The number of fused-ring (bicyclic) bond motifs is 1. The molecule has 0 bridgehead atoms. The van der Waals surface area contributed by atoms with Crippen LogP contribution in [-0.4, -0.2) is 32.8 Å². The van der Waals surface area contributed by atoms with E-state index in [0.29, 0.717) is 17.3 Å². The van der Waals surface area contributed by atoms with Crippen molar-refractivity contribution in [2.45, 2.75) is 18.9 Å². The summed E-state index contributed by atoms with van der Waals surface area (Å²) in [5.41, 5.74) is 8.63. The molecule has 1 saturated heterocycles. The first kappa shape index (κ1) is 18.5. The van der Waals surface area contributed by atoms with Gasteiger partial charge in [-0.05, 0) is 74.5 Å². The molecule has 1 aliphatic heterocycles. The van der Waals surface area contributed by atoms with Crippen LogP contribution in [0.15, 0.2) is 54.9 Å². The number of nitrogen functional groups attached to an aromatic ring is 1. The first-order valence-corrected chi connectivity index (χ1v) is 9.92. The molecule has 152 valence electrons. The number of anilines is 1. The minimum atomic E-state index is -0.297. The number of ether oxygens (including phenoxy) is 1. The van der Waals surface area contributed by atoms with Crippen LogP contribution in [0.2, 0.25) is 0 Å². The van der Waals surface area contributed by atoms with Gasteiger partial charge in [-0.25, -0.2) is 19.0 Å². The van der Waals surface area contributed by atoms with E-state index in [1.54, 1.807) is 12.1 Å². The molecule has 3 heterocycles. The lowest BCUT2D eigenvalue weighted by atomic mass is 10.1. The van der Waals surface area contributed by atoms with Crippen LogP contribution in [0.4, 0.5) is 10.2 Å². The van der Waals surface area contributed by atoms with Crippen molar-refractivity contribution in [1.82, 2.24) is 25.1 Å². The highest BCUT2D eigenvalue weighted by atomic mass is 19.1. The van der Waals surface area contributed by atoms with Gasteiger partial charge in [0.2, 0.25) is 0 Å². The molecule has 1 aliphatic rings. The summed E-state index contributed by atoms with van der Waals surface area (Å²) in [6.07, 6.45) is 3.47. The molecule has 1 fully saturated rings. The summed E-state index contributed by atoms with van der Waals surface area (Å²) < 4.78 is 20.9. The highest BCUT2D eigenvalue weighted by Crippen LogP contribution is 2.34. The Hall–Kier alpha value is -3.52. The number of hydrogen-bond acceptors (Lipinski definition) is 6. The van der Waals surface area contributed by atoms with Crippen molar-refractivity contribution in [2.24, 2.45) is 0 Å². The molecular formula is C22H21FN6O. The molecule has 4 aromatic rings. The number of hydrogen-bond donors (Lipinski definition) is 2. The van der Waals surface area contributed by atoms with Crippen LogP contribution in [-0.2, 0) is 0 Å². The fourth-order valence-corrected chi connectivity index (χ4v) is 3.82. The SMILES string of the molecule is Nc1ncnc2c1c(-c1ccc(Oc3ccc(F)cc3)cc1)nn2C1CCNCC1. The van der Waals surface area contributed by atoms with E-state index < -0.39 is 0 Å². The molecule has 0 unspecified atom stereocenters. The van der Waals surface area contributed by atoms with Gasteiger partial charge < -0.3 is 15.8 Å². The largest absolute Gasteiger partial charge is 0.457 e. The average Bonchev–Trinajstić information content (AvgIpc) is 3.18. The number of nitrogens with one attached hydrogen (secondary N) is 1. The Morgan fingerprint density at radius 3 is 2.33 bits per heavy atom. The summed E-state index contributed by atoms with van der Waals surface area (Å²) in [5, 5.41) is 9.04. The van der Waals surface area contributed by atoms with E-state index in [1.165, 1.54) is 18.5 Å². The number of aromatic nitrogens is 4. The van der Waals surface area contributed by atoms with Crippen LogP contribution in [0.5, 0.6) is 11.5 Å². The van der Waals surface area contributed by atoms with Crippen LogP contribution in [0, 0.1) is 5.82 Å². The highest BCUT2D eigenvalue weighted by molar-refractivity contribution is 5.98. The second kappa shape index (κ2) is 7.72. The molecule has 5 rings (SSSR count). The van der Waals surface area contributed by atoms with E-state index in [2.05, 4.69) is 15.3 Å². The van der Waals surface area contributed by atoms with E-state index in [0.717, 1.165) is 48.2 Å². The van der Waals surface area contributed by atoms with Crippen LogP contribution >= 0.6 is 0 Å². The molecule has 7 nitrogen and oxygen atoms in total. The normalized spacial score (nSPS) is 14.8. The van der Waals surface area contributed by atoms with Gasteiger partial charge in [-0.15, -0.1) is 0 Å². The Kier molecular flexibility index (Phi) is 4.76. The Bertz CT molecular complexity index is 1170. The zero-order valence-corrected chi connectivity index (χ0v) is 16.3. The summed E-state index contributed by atoms with van der Waals surface area (Å²) >= 11 is 0. The highest BCUT2D eigenvalue weighted by Gasteiger charge is 2.23. The van der Waals surface area contributed by atoms with Gasteiger partial charge in [0, 0.05) is 5.56 Å². The Balaban J connectivity index is 1.50. The zero-order valence-electron chi connectivity index (χ0n) is 16.3. The number of piperidine rings is 1. The van der Waals surface area contributed by atoms with Crippen molar-refractivity contribution in [2.75, 3.05) is 18.8 Å². The van der Waals surface area contributed by atoms with Crippen molar-refractivity contribution in [3.05, 3.63) is 60.7 Å². The molecule has 0 spiro atoms. The van der Waals surface area contributed by atoms with E-state index in [9.17, 15) is 4.39 Å². The van der Waals surface area contributed by atoms with E-state index in [-0.39, 0.29) is 11.9 Å². The quantitative estimate of drug-likeness (QED) is 0.536. The molecule has 0 aliphatic carbocycles. The Morgan fingerprint density at radius 2 is 1.63 bits per heavy atom. The summed E-state index contributed by atoms with van der Waals surface area (Å²) in [6.45, 7) is 1.91. The molecule has 3 N–H and O–H groups in total. The molecule has 2 aromatic heterocycles. The van der Waals surface area contributed by atoms with E-state index in [1.807, 2.05) is 28.9 Å². The van der Waals surface area contributed by atoms with Gasteiger partial charge in [-0.1, -0.05) is 0 Å². The third-order valence-corrected chi connectivity index (χ3v) is 5.35. The number of halogens is 1. The molecule has 0 saturated carbocycles. The van der Waals surface area contributed by atoms with Gasteiger partial charge in [-0.2, -0.15) is 5.10 Å². The maximum atomic E-state index is 13.1. The first-order valence-electron chi connectivity index (χ1n) is 9.92. The monoisotopic (exact) mass is 404 g/mol. The van der Waals surface area contributed by atoms with Gasteiger partial charge in [0.05, 0.1) is 11.4 Å². The summed E-state index contributed by atoms with van der Waals surface area (Å²) in [6, 6.07) is 13.8. The predicted molar refractivity (Wildman–Crippen MR) is 113 cm³/mol. The molecule has 30 heavy (non-hydrogen) atoms. The fraction of sp³-hybridized carbons (Fsp3) is 0.227. The first-order chi connectivity index (χ1) is 14.7. The zero-order chi connectivity index (χ0) is 20.5. The van der Waals surface area contributed by atoms with Crippen molar-refractivity contribution in [3.63, 3.8) is 0 Å². The number of nitrogens with two attached hydrogens (primary N) is 1. The van der Waals surface area contributed by atoms with Crippen molar-refractivity contribution in [3.8, 4) is 22.8 Å². The van der Waals surface area contributed by atoms with Gasteiger partial charge in [0.15, 0.2) is 5.65 Å². The number of rotatable bonds is 4. The number of benzene rings is 2. The maximum absolute atomic E-state index is 13.1. The Labute approximate surface area is 172 Å². The topological polar surface area (TPSA) is 90.9 Å². The van der Waals surface area contributed by atoms with E-state index >= 15 is 0 Å². The lowest BCUT2D eigenvalue weighted by Gasteiger charge is -2.23. The second-order valence-corrected chi connectivity index (χ2v) is 7.31. The lowest BCUT2D eigenvalue weighted by Crippen LogP contribution is -2.30. The van der Waals surface area contributed by atoms with Gasteiger partial charge in [0.1, 0.15) is 35.2 Å². The van der Waals surface area contributed by atoms with Crippen LogP contribution in [0.25, 0.3) is 22.3 Å². The minimum absolute atomic E-state index is 0.276. The molecule has 0 amide bonds. The minimum Gasteiger partial charge on any atom is -0.457 e. The second-order valence-electron chi connectivity index (χ2n) is 7.31. The molecule has 2 aromatic carbocycles.